The minimum Gasteiger partial charge on any atom is -0.462 e. The van der Waals surface area contributed by atoms with Gasteiger partial charge in [-0.05, 0) is 25.1 Å². The first-order valence-electron chi connectivity index (χ1n) is 7.69. The number of carbonyl (C=O) groups excluding carboxylic acids is 1. The predicted octanol–water partition coefficient (Wildman–Crippen LogP) is 5.04. The molecule has 0 radical (unpaired) electrons. The lowest BCUT2D eigenvalue weighted by Gasteiger charge is -2.11. The molecule has 0 unspecified atom stereocenters. The van der Waals surface area contributed by atoms with E-state index in [1.54, 1.807) is 31.2 Å². The van der Waals surface area contributed by atoms with Crippen LogP contribution in [0.25, 0.3) is 10.9 Å². The molecular weight excluding hydrogens is 351 g/mol. The number of esters is 1. The number of ether oxygens (including phenoxy) is 3. The average Bonchev–Trinajstić information content (AvgIpc) is 2.91. The Morgan fingerprint density at radius 2 is 1.81 bits per heavy atom. The number of halogens is 3. The van der Waals surface area contributed by atoms with Crippen molar-refractivity contribution >= 4 is 16.9 Å². The van der Waals surface area contributed by atoms with Crippen molar-refractivity contribution in [1.82, 2.24) is 4.98 Å². The molecule has 5 nitrogen and oxygen atoms in total. The molecule has 1 aromatic heterocycles. The summed E-state index contributed by atoms with van der Waals surface area (Å²) in [4.78, 5) is 15.2. The van der Waals surface area contributed by atoms with Crippen molar-refractivity contribution in [3.63, 3.8) is 0 Å². The maximum Gasteiger partial charge on any atom is 0.573 e. The van der Waals surface area contributed by atoms with Crippen LogP contribution in [0.3, 0.4) is 0 Å². The van der Waals surface area contributed by atoms with Gasteiger partial charge in [-0.3, -0.25) is 0 Å². The molecule has 8 heteroatoms. The van der Waals surface area contributed by atoms with Gasteiger partial charge in [0.15, 0.2) is 0 Å². The Labute approximate surface area is 146 Å². The number of hydrogen-bond acceptors (Lipinski definition) is 4. The first-order chi connectivity index (χ1) is 12.4. The predicted molar refractivity (Wildman–Crippen MR) is 87.5 cm³/mol. The second-order valence-electron chi connectivity index (χ2n) is 5.22. The number of benzene rings is 2. The van der Waals surface area contributed by atoms with E-state index >= 15 is 0 Å². The van der Waals surface area contributed by atoms with Crippen LogP contribution in [0.15, 0.2) is 48.5 Å². The number of rotatable bonds is 5. The Balaban J connectivity index is 1.97. The van der Waals surface area contributed by atoms with Gasteiger partial charge in [-0.25, -0.2) is 4.79 Å². The molecule has 0 aliphatic rings. The summed E-state index contributed by atoms with van der Waals surface area (Å²) in [6.45, 7) is 1.85. The lowest BCUT2D eigenvalue weighted by Crippen LogP contribution is -2.17. The van der Waals surface area contributed by atoms with E-state index in [2.05, 4.69) is 9.72 Å². The van der Waals surface area contributed by atoms with Gasteiger partial charge in [-0.2, -0.15) is 0 Å². The molecule has 0 fully saturated rings. The van der Waals surface area contributed by atoms with Crippen molar-refractivity contribution in [2.75, 3.05) is 6.61 Å². The number of alkyl halides is 3. The van der Waals surface area contributed by atoms with Gasteiger partial charge in [0.05, 0.1) is 6.61 Å². The number of hydrogen-bond donors (Lipinski definition) is 1. The lowest BCUT2D eigenvalue weighted by molar-refractivity contribution is -0.274. The third-order valence-electron chi connectivity index (χ3n) is 3.41. The highest BCUT2D eigenvalue weighted by Gasteiger charge is 2.31. The number of nitrogens with one attached hydrogen (secondary N) is 1. The van der Waals surface area contributed by atoms with Crippen molar-refractivity contribution < 1.29 is 32.2 Å². The molecule has 0 aliphatic heterocycles. The quantitative estimate of drug-likeness (QED) is 0.644. The summed E-state index contributed by atoms with van der Waals surface area (Å²) in [6.07, 6.45) is -4.81. The molecule has 1 N–H and O–H groups in total. The van der Waals surface area contributed by atoms with Crippen molar-refractivity contribution in [2.45, 2.75) is 13.3 Å². The molecule has 1 heterocycles. The van der Waals surface area contributed by atoms with E-state index in [0.717, 1.165) is 12.1 Å². The molecule has 0 aliphatic carbocycles. The molecule has 3 aromatic rings. The molecular formula is C18H14F3NO4. The molecule has 26 heavy (non-hydrogen) atoms. The molecule has 3 rings (SSSR count). The van der Waals surface area contributed by atoms with Crippen LogP contribution in [0.4, 0.5) is 13.2 Å². The SMILES string of the molecule is CCOC(=O)c1c(Oc2cccc(OC(F)(F)F)c2)[nH]c2ccccc12. The van der Waals surface area contributed by atoms with Crippen LogP contribution in [-0.2, 0) is 4.74 Å². The van der Waals surface area contributed by atoms with Crippen molar-refractivity contribution in [3.05, 3.63) is 54.1 Å². The zero-order chi connectivity index (χ0) is 18.7. The lowest BCUT2D eigenvalue weighted by atomic mass is 10.2. The molecule has 0 saturated heterocycles. The molecule has 0 saturated carbocycles. The van der Waals surface area contributed by atoms with Crippen LogP contribution in [0, 0.1) is 0 Å². The number of fused-ring (bicyclic) bond motifs is 1. The van der Waals surface area contributed by atoms with Gasteiger partial charge in [0.2, 0.25) is 5.88 Å². The number of aromatic amines is 1. The van der Waals surface area contributed by atoms with Crippen LogP contribution in [0.5, 0.6) is 17.4 Å². The molecule has 0 amide bonds. The number of aromatic nitrogens is 1. The molecule has 2 aromatic carbocycles. The van der Waals surface area contributed by atoms with E-state index in [1.165, 1.54) is 12.1 Å². The Morgan fingerprint density at radius 3 is 2.54 bits per heavy atom. The topological polar surface area (TPSA) is 60.6 Å². The number of para-hydroxylation sites is 1. The van der Waals surface area contributed by atoms with E-state index in [-0.39, 0.29) is 23.8 Å². The van der Waals surface area contributed by atoms with E-state index in [1.807, 2.05) is 0 Å². The van der Waals surface area contributed by atoms with Crippen LogP contribution < -0.4 is 9.47 Å². The zero-order valence-electron chi connectivity index (χ0n) is 13.6. The fraction of sp³-hybridized carbons (Fsp3) is 0.167. The van der Waals surface area contributed by atoms with Gasteiger partial charge in [-0.1, -0.05) is 24.3 Å². The highest BCUT2D eigenvalue weighted by Crippen LogP contribution is 2.34. The first kappa shape index (κ1) is 17.7. The van der Waals surface area contributed by atoms with E-state index < -0.39 is 18.1 Å². The van der Waals surface area contributed by atoms with Crippen molar-refractivity contribution in [2.24, 2.45) is 0 Å². The second kappa shape index (κ2) is 6.99. The fourth-order valence-electron chi connectivity index (χ4n) is 2.45. The largest absolute Gasteiger partial charge is 0.573 e. The van der Waals surface area contributed by atoms with Gasteiger partial charge in [0.25, 0.3) is 0 Å². The third-order valence-corrected chi connectivity index (χ3v) is 3.41. The summed E-state index contributed by atoms with van der Waals surface area (Å²) in [6, 6.07) is 12.0. The summed E-state index contributed by atoms with van der Waals surface area (Å²) in [5.74, 6) is -0.871. The standard InChI is InChI=1S/C18H14F3NO4/c1-2-24-17(23)15-13-8-3-4-9-14(13)22-16(15)25-11-6-5-7-12(10-11)26-18(19,20)21/h3-10,22H,2H2,1H3. The summed E-state index contributed by atoms with van der Waals surface area (Å²) in [5.41, 5.74) is 0.804. The molecule has 0 atom stereocenters. The Morgan fingerprint density at radius 1 is 1.08 bits per heavy atom. The minimum atomic E-state index is -4.81. The second-order valence-corrected chi connectivity index (χ2v) is 5.22. The Bertz CT molecular complexity index is 934. The first-order valence-corrected chi connectivity index (χ1v) is 7.69. The summed E-state index contributed by atoms with van der Waals surface area (Å²) >= 11 is 0. The van der Waals surface area contributed by atoms with Crippen molar-refractivity contribution in [1.29, 1.82) is 0 Å². The normalized spacial score (nSPS) is 11.4. The van der Waals surface area contributed by atoms with Crippen LogP contribution in [-0.4, -0.2) is 23.9 Å². The summed E-state index contributed by atoms with van der Waals surface area (Å²) < 4.78 is 51.6. The van der Waals surface area contributed by atoms with Crippen LogP contribution >= 0.6 is 0 Å². The highest BCUT2D eigenvalue weighted by atomic mass is 19.4. The maximum absolute atomic E-state index is 12.4. The van der Waals surface area contributed by atoms with Gasteiger partial charge >= 0.3 is 12.3 Å². The minimum absolute atomic E-state index is 0.0730. The Hall–Kier alpha value is -3.16. The van der Waals surface area contributed by atoms with Gasteiger partial charge < -0.3 is 19.2 Å². The molecule has 136 valence electrons. The summed E-state index contributed by atoms with van der Waals surface area (Å²) in [7, 11) is 0. The smallest absolute Gasteiger partial charge is 0.462 e. The highest BCUT2D eigenvalue weighted by molar-refractivity contribution is 6.06. The molecule has 0 spiro atoms. The zero-order valence-corrected chi connectivity index (χ0v) is 13.6. The van der Waals surface area contributed by atoms with Crippen LogP contribution in [0.2, 0.25) is 0 Å². The monoisotopic (exact) mass is 365 g/mol. The number of H-pyrrole nitrogens is 1. The van der Waals surface area contributed by atoms with E-state index in [0.29, 0.717) is 10.9 Å². The molecule has 0 bridgehead atoms. The third kappa shape index (κ3) is 3.90. The van der Waals surface area contributed by atoms with Gasteiger partial charge in [0.1, 0.15) is 17.1 Å². The van der Waals surface area contributed by atoms with Gasteiger partial charge in [0, 0.05) is 17.0 Å². The summed E-state index contributed by atoms with van der Waals surface area (Å²) in [5, 5.41) is 0.587. The van der Waals surface area contributed by atoms with Crippen molar-refractivity contribution in [3.8, 4) is 17.4 Å². The van der Waals surface area contributed by atoms with E-state index in [4.69, 9.17) is 9.47 Å². The Kier molecular flexibility index (Phi) is 4.75. The van der Waals surface area contributed by atoms with Gasteiger partial charge in [-0.15, -0.1) is 13.2 Å². The van der Waals surface area contributed by atoms with E-state index in [9.17, 15) is 18.0 Å². The maximum atomic E-state index is 12.4. The number of carbonyl (C=O) groups is 1. The van der Waals surface area contributed by atoms with Crippen LogP contribution in [0.1, 0.15) is 17.3 Å². The fourth-order valence-corrected chi connectivity index (χ4v) is 2.45. The average molecular weight is 365 g/mol.